The van der Waals surface area contributed by atoms with Crippen LogP contribution in [-0.4, -0.2) is 41.8 Å². The van der Waals surface area contributed by atoms with Gasteiger partial charge in [0, 0.05) is 45.2 Å². The second kappa shape index (κ2) is 8.85. The maximum atomic E-state index is 13.1. The van der Waals surface area contributed by atoms with Gasteiger partial charge in [0.25, 0.3) is 5.56 Å². The molecule has 1 saturated heterocycles. The third-order valence-electron chi connectivity index (χ3n) is 5.41. The van der Waals surface area contributed by atoms with Gasteiger partial charge in [0.1, 0.15) is 11.4 Å². The van der Waals surface area contributed by atoms with Crippen molar-refractivity contribution in [2.45, 2.75) is 13.5 Å². The van der Waals surface area contributed by atoms with Crippen LogP contribution in [0.25, 0.3) is 20.7 Å². The second-order valence-corrected chi connectivity index (χ2v) is 9.76. The van der Waals surface area contributed by atoms with E-state index in [9.17, 15) is 9.59 Å². The molecule has 4 heterocycles. The molecule has 0 atom stereocenters. The van der Waals surface area contributed by atoms with Gasteiger partial charge in [-0.15, -0.1) is 22.7 Å². The minimum Gasteiger partial charge on any atom is -0.378 e. The van der Waals surface area contributed by atoms with Crippen LogP contribution in [0.3, 0.4) is 0 Å². The lowest BCUT2D eigenvalue weighted by Gasteiger charge is -2.28. The summed E-state index contributed by atoms with van der Waals surface area (Å²) in [6.07, 6.45) is 1.45. The number of anilines is 2. The maximum Gasteiger partial charge on any atom is 0.263 e. The van der Waals surface area contributed by atoms with E-state index in [0.717, 1.165) is 42.4 Å². The Hall–Kier alpha value is -3.01. The molecule has 3 aromatic heterocycles. The van der Waals surface area contributed by atoms with Gasteiger partial charge in [-0.2, -0.15) is 0 Å². The predicted octanol–water partition coefficient (Wildman–Crippen LogP) is 3.97. The summed E-state index contributed by atoms with van der Waals surface area (Å²) in [5, 5.41) is 5.41. The number of hydrogen-bond donors (Lipinski definition) is 1. The highest BCUT2D eigenvalue weighted by atomic mass is 32.1. The molecule has 7 nitrogen and oxygen atoms in total. The minimum atomic E-state index is -0.267. The van der Waals surface area contributed by atoms with E-state index in [4.69, 9.17) is 4.74 Å². The third kappa shape index (κ3) is 4.19. The topological polar surface area (TPSA) is 76.5 Å². The standard InChI is InChI=1S/C23H22N4O3S2/c1-15-2-7-19(32-15)18-13-31-22-21(18)23(29)27(14-24-22)12-20(28)25-16-3-5-17(6-4-16)26-8-10-30-11-9-26/h2-7,13-14H,8-12H2,1H3,(H,25,28). The fourth-order valence-electron chi connectivity index (χ4n) is 3.77. The molecule has 1 amide bonds. The number of ether oxygens (including phenoxy) is 1. The van der Waals surface area contributed by atoms with Gasteiger partial charge in [0.2, 0.25) is 5.91 Å². The van der Waals surface area contributed by atoms with Crippen LogP contribution in [0.2, 0.25) is 0 Å². The summed E-state index contributed by atoms with van der Waals surface area (Å²) in [5.74, 6) is -0.267. The molecule has 1 fully saturated rings. The van der Waals surface area contributed by atoms with Crippen LogP contribution in [0.1, 0.15) is 4.88 Å². The van der Waals surface area contributed by atoms with Crippen molar-refractivity contribution in [3.8, 4) is 10.4 Å². The molecule has 1 aliphatic heterocycles. The SMILES string of the molecule is Cc1ccc(-c2csc3ncn(CC(=O)Nc4ccc(N5CCOCC5)cc4)c(=O)c23)s1. The van der Waals surface area contributed by atoms with Crippen molar-refractivity contribution in [3.05, 3.63) is 63.3 Å². The molecule has 9 heteroatoms. The van der Waals surface area contributed by atoms with Gasteiger partial charge in [-0.25, -0.2) is 4.98 Å². The molecule has 0 saturated carbocycles. The van der Waals surface area contributed by atoms with Crippen LogP contribution in [0, 0.1) is 6.92 Å². The molecule has 164 valence electrons. The van der Waals surface area contributed by atoms with Crippen molar-refractivity contribution in [2.75, 3.05) is 36.5 Å². The molecule has 1 N–H and O–H groups in total. The molecule has 0 spiro atoms. The van der Waals surface area contributed by atoms with E-state index in [1.54, 1.807) is 11.3 Å². The van der Waals surface area contributed by atoms with Gasteiger partial charge in [-0.05, 0) is 43.3 Å². The first-order chi connectivity index (χ1) is 15.6. The zero-order valence-electron chi connectivity index (χ0n) is 17.5. The number of nitrogens with zero attached hydrogens (tertiary/aromatic N) is 3. The summed E-state index contributed by atoms with van der Waals surface area (Å²) in [6, 6.07) is 11.8. The van der Waals surface area contributed by atoms with E-state index in [1.165, 1.54) is 27.1 Å². The van der Waals surface area contributed by atoms with Crippen LogP contribution in [0.15, 0.2) is 52.9 Å². The Kier molecular flexibility index (Phi) is 5.77. The summed E-state index contributed by atoms with van der Waals surface area (Å²) in [5.41, 5.74) is 2.48. The Bertz CT molecular complexity index is 1320. The Balaban J connectivity index is 1.32. The Morgan fingerprint density at radius 3 is 2.66 bits per heavy atom. The average Bonchev–Trinajstić information content (AvgIpc) is 3.43. The number of benzene rings is 1. The van der Waals surface area contributed by atoms with E-state index in [-0.39, 0.29) is 18.0 Å². The van der Waals surface area contributed by atoms with Gasteiger partial charge >= 0.3 is 0 Å². The van der Waals surface area contributed by atoms with E-state index in [1.807, 2.05) is 48.7 Å². The van der Waals surface area contributed by atoms with Crippen LogP contribution in [0.5, 0.6) is 0 Å². The monoisotopic (exact) mass is 466 g/mol. The van der Waals surface area contributed by atoms with Gasteiger partial charge in [-0.1, -0.05) is 0 Å². The van der Waals surface area contributed by atoms with Crippen molar-refractivity contribution in [1.29, 1.82) is 0 Å². The zero-order valence-corrected chi connectivity index (χ0v) is 19.2. The van der Waals surface area contributed by atoms with Crippen LogP contribution < -0.4 is 15.8 Å². The van der Waals surface area contributed by atoms with Crippen LogP contribution >= 0.6 is 22.7 Å². The molecule has 0 bridgehead atoms. The first kappa shape index (κ1) is 20.9. The molecule has 32 heavy (non-hydrogen) atoms. The zero-order chi connectivity index (χ0) is 22.1. The van der Waals surface area contributed by atoms with Gasteiger partial charge in [0.15, 0.2) is 0 Å². The van der Waals surface area contributed by atoms with E-state index < -0.39 is 0 Å². The smallest absolute Gasteiger partial charge is 0.263 e. The molecule has 1 aliphatic rings. The predicted molar refractivity (Wildman–Crippen MR) is 130 cm³/mol. The van der Waals surface area contributed by atoms with Crippen molar-refractivity contribution in [2.24, 2.45) is 0 Å². The highest BCUT2D eigenvalue weighted by Crippen LogP contribution is 2.34. The molecule has 0 aliphatic carbocycles. The molecule has 4 aromatic rings. The molecule has 1 aromatic carbocycles. The number of amides is 1. The van der Waals surface area contributed by atoms with Gasteiger partial charge in [0.05, 0.1) is 24.9 Å². The van der Waals surface area contributed by atoms with E-state index in [0.29, 0.717) is 15.9 Å². The van der Waals surface area contributed by atoms with Crippen LogP contribution in [-0.2, 0) is 16.1 Å². The number of aryl methyl sites for hydroxylation is 1. The fraction of sp³-hybridized carbons (Fsp3) is 0.261. The lowest BCUT2D eigenvalue weighted by molar-refractivity contribution is -0.116. The number of thiophene rings is 2. The molecule has 0 unspecified atom stereocenters. The van der Waals surface area contributed by atoms with Crippen LogP contribution in [0.4, 0.5) is 11.4 Å². The summed E-state index contributed by atoms with van der Waals surface area (Å²) in [6.45, 7) is 5.12. The highest BCUT2D eigenvalue weighted by Gasteiger charge is 2.16. The van der Waals surface area contributed by atoms with Gasteiger partial charge < -0.3 is 15.0 Å². The third-order valence-corrected chi connectivity index (χ3v) is 7.33. The first-order valence-corrected chi connectivity index (χ1v) is 12.0. The number of carbonyl (C=O) groups is 1. The highest BCUT2D eigenvalue weighted by molar-refractivity contribution is 7.19. The summed E-state index contributed by atoms with van der Waals surface area (Å²) >= 11 is 3.09. The lowest BCUT2D eigenvalue weighted by atomic mass is 10.2. The Labute approximate surface area is 192 Å². The van der Waals surface area contributed by atoms with Crippen molar-refractivity contribution >= 4 is 50.2 Å². The van der Waals surface area contributed by atoms with E-state index >= 15 is 0 Å². The number of nitrogens with one attached hydrogen (secondary N) is 1. The largest absolute Gasteiger partial charge is 0.378 e. The minimum absolute atomic E-state index is 0.0915. The van der Waals surface area contributed by atoms with Crippen molar-refractivity contribution in [1.82, 2.24) is 9.55 Å². The van der Waals surface area contributed by atoms with Crippen molar-refractivity contribution < 1.29 is 9.53 Å². The summed E-state index contributed by atoms with van der Waals surface area (Å²) < 4.78 is 6.76. The Morgan fingerprint density at radius 2 is 1.94 bits per heavy atom. The van der Waals surface area contributed by atoms with Gasteiger partial charge in [-0.3, -0.25) is 14.2 Å². The molecule has 0 radical (unpaired) electrons. The molecular formula is C23H22N4O3S2. The number of morpholine rings is 1. The first-order valence-electron chi connectivity index (χ1n) is 10.3. The quantitative estimate of drug-likeness (QED) is 0.482. The van der Waals surface area contributed by atoms with E-state index in [2.05, 4.69) is 15.2 Å². The summed E-state index contributed by atoms with van der Waals surface area (Å²) in [7, 11) is 0. The number of carbonyl (C=O) groups excluding carboxylic acids is 1. The number of fused-ring (bicyclic) bond motifs is 1. The number of hydrogen-bond acceptors (Lipinski definition) is 7. The number of aromatic nitrogens is 2. The molecule has 5 rings (SSSR count). The molecular weight excluding hydrogens is 444 g/mol. The maximum absolute atomic E-state index is 13.1. The normalized spacial score (nSPS) is 14.1. The Morgan fingerprint density at radius 1 is 1.16 bits per heavy atom. The average molecular weight is 467 g/mol. The second-order valence-electron chi connectivity index (χ2n) is 7.61. The number of rotatable bonds is 5. The lowest BCUT2D eigenvalue weighted by Crippen LogP contribution is -2.36. The van der Waals surface area contributed by atoms with Crippen molar-refractivity contribution in [3.63, 3.8) is 0 Å². The summed E-state index contributed by atoms with van der Waals surface area (Å²) in [4.78, 5) is 35.3. The fourth-order valence-corrected chi connectivity index (χ4v) is 5.64.